The molecule has 0 amide bonds. The molecule has 1 nitrogen and oxygen atoms in total. The summed E-state index contributed by atoms with van der Waals surface area (Å²) in [6.45, 7) is 0.505. The maximum absolute atomic E-state index is 5.54. The zero-order valence-electron chi connectivity index (χ0n) is 13.5. The Kier molecular flexibility index (Phi) is 5.77. The Labute approximate surface area is 144 Å². The second kappa shape index (κ2) is 8.43. The van der Waals surface area contributed by atoms with Gasteiger partial charge in [-0.3, -0.25) is 0 Å². The van der Waals surface area contributed by atoms with Crippen molar-refractivity contribution in [3.05, 3.63) is 102 Å². The van der Waals surface area contributed by atoms with Crippen LogP contribution in [-0.2, 0) is 0 Å². The number of hydrogen-bond donors (Lipinski definition) is 1. The van der Waals surface area contributed by atoms with Crippen molar-refractivity contribution in [3.8, 4) is 0 Å². The zero-order valence-corrected chi connectivity index (χ0v) is 14.4. The average Bonchev–Trinajstić information content (AvgIpc) is 2.65. The first-order valence-corrected chi connectivity index (χ1v) is 9.34. The second-order valence-corrected chi connectivity index (χ2v) is 7.50. The lowest BCUT2D eigenvalue weighted by atomic mass is 10.2. The van der Waals surface area contributed by atoms with E-state index in [2.05, 4.69) is 90.7 Å². The predicted molar refractivity (Wildman–Crippen MR) is 107 cm³/mol. The van der Waals surface area contributed by atoms with Gasteiger partial charge in [0.25, 0.3) is 0 Å². The van der Waals surface area contributed by atoms with Crippen LogP contribution in [0.4, 0.5) is 0 Å². The van der Waals surface area contributed by atoms with E-state index in [4.69, 9.17) is 5.73 Å². The first-order chi connectivity index (χ1) is 11.9. The van der Waals surface area contributed by atoms with Crippen molar-refractivity contribution < 1.29 is 0 Å². The zero-order chi connectivity index (χ0) is 16.6. The van der Waals surface area contributed by atoms with Crippen LogP contribution >= 0.6 is 7.92 Å². The molecule has 0 fully saturated rings. The van der Waals surface area contributed by atoms with Gasteiger partial charge in [0, 0.05) is 6.54 Å². The van der Waals surface area contributed by atoms with Crippen LogP contribution in [0.1, 0.15) is 5.56 Å². The predicted octanol–water partition coefficient (Wildman–Crippen LogP) is 3.57. The summed E-state index contributed by atoms with van der Waals surface area (Å²) in [5, 5.41) is 4.03. The molecule has 0 radical (unpaired) electrons. The van der Waals surface area contributed by atoms with Crippen molar-refractivity contribution in [2.75, 3.05) is 6.54 Å². The SMILES string of the molecule is NCC=C=Cc1ccccc1P(c1ccccc1)c1ccccc1. The van der Waals surface area contributed by atoms with Gasteiger partial charge in [0.05, 0.1) is 0 Å². The maximum Gasteiger partial charge on any atom is 0.0182 e. The highest BCUT2D eigenvalue weighted by atomic mass is 31.1. The second-order valence-electron chi connectivity index (χ2n) is 5.32. The van der Waals surface area contributed by atoms with Crippen molar-refractivity contribution in [1.29, 1.82) is 0 Å². The van der Waals surface area contributed by atoms with Gasteiger partial charge in [-0.15, -0.1) is 5.73 Å². The highest BCUT2D eigenvalue weighted by Crippen LogP contribution is 2.34. The van der Waals surface area contributed by atoms with Crippen molar-refractivity contribution in [2.24, 2.45) is 5.73 Å². The van der Waals surface area contributed by atoms with Crippen LogP contribution in [0.5, 0.6) is 0 Å². The first-order valence-electron chi connectivity index (χ1n) is 8.00. The Hall–Kier alpha value is -2.43. The number of nitrogens with two attached hydrogens (primary N) is 1. The van der Waals surface area contributed by atoms with Crippen molar-refractivity contribution in [1.82, 2.24) is 0 Å². The third kappa shape index (κ3) is 3.91. The van der Waals surface area contributed by atoms with Gasteiger partial charge >= 0.3 is 0 Å². The van der Waals surface area contributed by atoms with E-state index in [0.717, 1.165) is 0 Å². The van der Waals surface area contributed by atoms with Gasteiger partial charge in [-0.1, -0.05) is 84.9 Å². The van der Waals surface area contributed by atoms with E-state index < -0.39 is 7.92 Å². The molecule has 118 valence electrons. The minimum atomic E-state index is -0.604. The number of rotatable bonds is 5. The molecule has 0 aliphatic carbocycles. The van der Waals surface area contributed by atoms with Crippen LogP contribution in [0.15, 0.2) is 96.7 Å². The lowest BCUT2D eigenvalue weighted by molar-refractivity contribution is 1.26. The molecule has 0 atom stereocenters. The van der Waals surface area contributed by atoms with Crippen molar-refractivity contribution in [2.45, 2.75) is 0 Å². The van der Waals surface area contributed by atoms with Crippen LogP contribution in [-0.4, -0.2) is 6.54 Å². The fourth-order valence-electron chi connectivity index (χ4n) is 2.61. The van der Waals surface area contributed by atoms with E-state index in [-0.39, 0.29) is 0 Å². The molecular weight excluding hydrogens is 309 g/mol. The van der Waals surface area contributed by atoms with E-state index in [0.29, 0.717) is 6.54 Å². The van der Waals surface area contributed by atoms with Gasteiger partial charge < -0.3 is 5.73 Å². The molecule has 0 bridgehead atoms. The van der Waals surface area contributed by atoms with Gasteiger partial charge in [0.2, 0.25) is 0 Å². The van der Waals surface area contributed by atoms with Crippen molar-refractivity contribution in [3.63, 3.8) is 0 Å². The molecule has 3 aromatic rings. The van der Waals surface area contributed by atoms with Crippen LogP contribution in [0.25, 0.3) is 6.08 Å². The molecule has 0 unspecified atom stereocenters. The molecule has 24 heavy (non-hydrogen) atoms. The van der Waals surface area contributed by atoms with Crippen LogP contribution < -0.4 is 21.6 Å². The maximum atomic E-state index is 5.54. The smallest absolute Gasteiger partial charge is 0.0182 e. The van der Waals surface area contributed by atoms with Crippen LogP contribution in [0.3, 0.4) is 0 Å². The Morgan fingerprint density at radius 3 is 1.88 bits per heavy atom. The normalized spacial score (nSPS) is 10.2. The van der Waals surface area contributed by atoms with Crippen LogP contribution in [0.2, 0.25) is 0 Å². The third-order valence-corrected chi connectivity index (χ3v) is 6.20. The molecule has 0 saturated heterocycles. The molecule has 0 aromatic heterocycles. The largest absolute Gasteiger partial charge is 0.326 e. The first kappa shape index (κ1) is 16.4. The minimum absolute atomic E-state index is 0.505. The summed E-state index contributed by atoms with van der Waals surface area (Å²) in [5.41, 5.74) is 9.92. The van der Waals surface area contributed by atoms with Crippen molar-refractivity contribution >= 4 is 29.9 Å². The van der Waals surface area contributed by atoms with E-state index in [9.17, 15) is 0 Å². The molecule has 0 spiro atoms. The Bertz CT molecular complexity index is 795. The highest BCUT2D eigenvalue weighted by molar-refractivity contribution is 7.80. The quantitative estimate of drug-likeness (QED) is 0.562. The topological polar surface area (TPSA) is 26.0 Å². The molecule has 0 saturated carbocycles. The summed E-state index contributed by atoms with van der Waals surface area (Å²) >= 11 is 0. The van der Waals surface area contributed by atoms with E-state index >= 15 is 0 Å². The lowest BCUT2D eigenvalue weighted by Gasteiger charge is -2.21. The Morgan fingerprint density at radius 1 is 0.750 bits per heavy atom. The molecule has 3 aromatic carbocycles. The third-order valence-electron chi connectivity index (χ3n) is 3.68. The molecule has 3 rings (SSSR count). The van der Waals surface area contributed by atoms with Gasteiger partial charge in [-0.05, 0) is 41.6 Å². The fraction of sp³-hybridized carbons (Fsp3) is 0.0455. The Balaban J connectivity index is 2.16. The number of hydrogen-bond acceptors (Lipinski definition) is 1. The summed E-state index contributed by atoms with van der Waals surface area (Å²) in [4.78, 5) is 0. The molecule has 0 aliphatic rings. The summed E-state index contributed by atoms with van der Waals surface area (Å²) in [5.74, 6) is 0. The van der Waals surface area contributed by atoms with Gasteiger partial charge in [-0.25, -0.2) is 0 Å². The molecular formula is C22H20NP. The molecule has 0 heterocycles. The van der Waals surface area contributed by atoms with E-state index in [1.807, 2.05) is 12.2 Å². The summed E-state index contributed by atoms with van der Waals surface area (Å²) < 4.78 is 0. The standard InChI is InChI=1S/C22H20NP/c23-18-10-9-12-19-11-7-8-17-22(19)24(20-13-3-1-4-14-20)21-15-5-2-6-16-21/h1-8,10-17H,18,23H2. The lowest BCUT2D eigenvalue weighted by Crippen LogP contribution is -2.22. The molecule has 0 aliphatic heterocycles. The van der Waals surface area contributed by atoms with Gasteiger partial charge in [0.1, 0.15) is 0 Å². The summed E-state index contributed by atoms with van der Waals surface area (Å²) in [6, 6.07) is 30.0. The molecule has 2 heteroatoms. The highest BCUT2D eigenvalue weighted by Gasteiger charge is 2.17. The Morgan fingerprint density at radius 2 is 1.29 bits per heavy atom. The number of benzene rings is 3. The van der Waals surface area contributed by atoms with E-state index in [1.165, 1.54) is 21.5 Å². The summed E-state index contributed by atoms with van der Waals surface area (Å²) in [6.07, 6.45) is 3.88. The molecule has 2 N–H and O–H groups in total. The van der Waals surface area contributed by atoms with Crippen LogP contribution in [0, 0.1) is 0 Å². The van der Waals surface area contributed by atoms with E-state index in [1.54, 1.807) is 0 Å². The van der Waals surface area contributed by atoms with Gasteiger partial charge in [0.15, 0.2) is 0 Å². The minimum Gasteiger partial charge on any atom is -0.326 e. The fourth-order valence-corrected chi connectivity index (χ4v) is 5.04. The average molecular weight is 329 g/mol. The summed E-state index contributed by atoms with van der Waals surface area (Å²) in [7, 11) is -0.604. The monoisotopic (exact) mass is 329 g/mol. The van der Waals surface area contributed by atoms with Gasteiger partial charge in [-0.2, -0.15) is 0 Å².